The molecule has 0 unspecified atom stereocenters. The van der Waals surface area contributed by atoms with Gasteiger partial charge in [0.2, 0.25) is 0 Å². The number of halogens is 1. The molecular weight excluding hydrogens is 368 g/mol. The van der Waals surface area contributed by atoms with Gasteiger partial charge < -0.3 is 4.57 Å². The molecule has 0 aliphatic carbocycles. The molecule has 25 heavy (non-hydrogen) atoms. The third kappa shape index (κ3) is 3.00. The van der Waals surface area contributed by atoms with E-state index >= 15 is 0 Å². The van der Waals surface area contributed by atoms with Gasteiger partial charge in [-0.3, -0.25) is 13.9 Å². The van der Waals surface area contributed by atoms with Crippen molar-refractivity contribution in [3.8, 4) is 0 Å². The minimum Gasteiger partial charge on any atom is -0.324 e. The highest BCUT2D eigenvalue weighted by molar-refractivity contribution is 7.91. The minimum atomic E-state index is -3.55. The van der Waals surface area contributed by atoms with Gasteiger partial charge in [-0.25, -0.2) is 18.2 Å². The van der Waals surface area contributed by atoms with Crippen LogP contribution in [-0.4, -0.2) is 32.9 Å². The van der Waals surface area contributed by atoms with Crippen LogP contribution in [0.25, 0.3) is 11.2 Å². The van der Waals surface area contributed by atoms with Gasteiger partial charge in [-0.15, -0.1) is 0 Å². The van der Waals surface area contributed by atoms with E-state index in [9.17, 15) is 18.0 Å². The summed E-state index contributed by atoms with van der Waals surface area (Å²) in [7, 11) is -0.675. The maximum atomic E-state index is 12.4. The van der Waals surface area contributed by atoms with Gasteiger partial charge in [-0.1, -0.05) is 11.6 Å². The molecule has 0 bridgehead atoms. The highest BCUT2D eigenvalue weighted by Crippen LogP contribution is 2.16. The van der Waals surface area contributed by atoms with Gasteiger partial charge in [-0.05, 0) is 24.3 Å². The maximum Gasteiger partial charge on any atom is 0.332 e. The molecule has 0 atom stereocenters. The summed E-state index contributed by atoms with van der Waals surface area (Å²) < 4.78 is 28.5. The quantitative estimate of drug-likeness (QED) is 0.657. The molecule has 0 amide bonds. The number of fused-ring (bicyclic) bond motifs is 1. The summed E-state index contributed by atoms with van der Waals surface area (Å²) >= 11 is 5.77. The van der Waals surface area contributed by atoms with Crippen molar-refractivity contribution in [1.29, 1.82) is 0 Å². The molecule has 2 heterocycles. The predicted molar refractivity (Wildman–Crippen MR) is 93.7 cm³/mol. The Labute approximate surface area is 147 Å². The van der Waals surface area contributed by atoms with E-state index in [0.29, 0.717) is 5.02 Å². The Balaban J connectivity index is 1.98. The van der Waals surface area contributed by atoms with Crippen molar-refractivity contribution in [2.75, 3.05) is 5.75 Å². The van der Waals surface area contributed by atoms with Crippen LogP contribution in [0, 0.1) is 0 Å². The van der Waals surface area contributed by atoms with Gasteiger partial charge in [0, 0.05) is 25.7 Å². The van der Waals surface area contributed by atoms with E-state index in [2.05, 4.69) is 4.98 Å². The normalized spacial score (nSPS) is 12.0. The zero-order valence-corrected chi connectivity index (χ0v) is 15.1. The van der Waals surface area contributed by atoms with Crippen LogP contribution >= 0.6 is 11.6 Å². The van der Waals surface area contributed by atoms with Crippen molar-refractivity contribution in [3.05, 3.63) is 56.5 Å². The van der Waals surface area contributed by atoms with Crippen LogP contribution in [0.5, 0.6) is 0 Å². The monoisotopic (exact) mass is 382 g/mol. The number of aryl methyl sites for hydroxylation is 2. The molecule has 0 aliphatic heterocycles. The summed E-state index contributed by atoms with van der Waals surface area (Å²) in [4.78, 5) is 28.5. The Bertz CT molecular complexity index is 1170. The van der Waals surface area contributed by atoms with E-state index in [1.54, 1.807) is 0 Å². The molecule has 0 saturated carbocycles. The maximum absolute atomic E-state index is 12.4. The van der Waals surface area contributed by atoms with Gasteiger partial charge in [0.05, 0.1) is 17.0 Å². The van der Waals surface area contributed by atoms with Crippen LogP contribution in [0.1, 0.15) is 0 Å². The Morgan fingerprint density at radius 1 is 1.08 bits per heavy atom. The second-order valence-electron chi connectivity index (χ2n) is 5.59. The van der Waals surface area contributed by atoms with E-state index in [4.69, 9.17) is 11.6 Å². The van der Waals surface area contributed by atoms with Crippen LogP contribution in [0.3, 0.4) is 0 Å². The van der Waals surface area contributed by atoms with Crippen molar-refractivity contribution in [2.24, 2.45) is 14.1 Å². The number of imidazole rings is 1. The van der Waals surface area contributed by atoms with E-state index in [0.717, 1.165) is 4.57 Å². The fraction of sp³-hybridized carbons (Fsp3) is 0.267. The van der Waals surface area contributed by atoms with Crippen molar-refractivity contribution in [2.45, 2.75) is 11.4 Å². The summed E-state index contributed by atoms with van der Waals surface area (Å²) in [6.45, 7) is 0.0366. The molecule has 0 aliphatic rings. The highest BCUT2D eigenvalue weighted by atomic mass is 35.5. The van der Waals surface area contributed by atoms with Gasteiger partial charge in [0.1, 0.15) is 0 Å². The molecular formula is C15H15ClN4O4S. The smallest absolute Gasteiger partial charge is 0.324 e. The molecule has 0 saturated heterocycles. The van der Waals surface area contributed by atoms with Gasteiger partial charge >= 0.3 is 5.69 Å². The first kappa shape index (κ1) is 17.4. The number of hydrogen-bond acceptors (Lipinski definition) is 5. The van der Waals surface area contributed by atoms with E-state index in [1.807, 2.05) is 0 Å². The fourth-order valence-corrected chi connectivity index (χ4v) is 3.89. The van der Waals surface area contributed by atoms with Gasteiger partial charge in [0.25, 0.3) is 5.56 Å². The molecule has 3 aromatic rings. The van der Waals surface area contributed by atoms with Crippen LogP contribution in [0.15, 0.2) is 45.1 Å². The molecule has 3 rings (SSSR count). The largest absolute Gasteiger partial charge is 0.332 e. The molecule has 132 valence electrons. The lowest BCUT2D eigenvalue weighted by Gasteiger charge is -2.08. The molecule has 0 N–H and O–H groups in total. The van der Waals surface area contributed by atoms with Crippen molar-refractivity contribution < 1.29 is 8.42 Å². The first-order valence-corrected chi connectivity index (χ1v) is 9.34. The zero-order chi connectivity index (χ0) is 18.4. The fourth-order valence-electron chi connectivity index (χ4n) is 2.54. The lowest BCUT2D eigenvalue weighted by Crippen LogP contribution is -2.37. The third-order valence-corrected chi connectivity index (χ3v) is 5.95. The second-order valence-corrected chi connectivity index (χ2v) is 8.13. The van der Waals surface area contributed by atoms with E-state index in [1.165, 1.54) is 53.8 Å². The highest BCUT2D eigenvalue weighted by Gasteiger charge is 2.18. The van der Waals surface area contributed by atoms with Crippen molar-refractivity contribution in [3.63, 3.8) is 0 Å². The van der Waals surface area contributed by atoms with Gasteiger partial charge in [0.15, 0.2) is 21.0 Å². The average Bonchev–Trinajstić information content (AvgIpc) is 3.01. The van der Waals surface area contributed by atoms with Crippen LogP contribution in [0.4, 0.5) is 0 Å². The lowest BCUT2D eigenvalue weighted by atomic mass is 10.4. The number of rotatable bonds is 4. The Morgan fingerprint density at radius 2 is 1.72 bits per heavy atom. The Hall–Kier alpha value is -2.39. The zero-order valence-electron chi connectivity index (χ0n) is 13.5. The summed E-state index contributed by atoms with van der Waals surface area (Å²) in [5.74, 6) is -0.216. The first-order chi connectivity index (χ1) is 11.7. The second kappa shape index (κ2) is 6.16. The topological polar surface area (TPSA) is 96.0 Å². The molecule has 0 fully saturated rings. The number of sulfone groups is 1. The van der Waals surface area contributed by atoms with E-state index < -0.39 is 21.1 Å². The minimum absolute atomic E-state index is 0.0366. The SMILES string of the molecule is Cn1c(=O)c2c(ncn2CCS(=O)(=O)c2ccc(Cl)cc2)n(C)c1=O. The molecule has 10 heteroatoms. The lowest BCUT2D eigenvalue weighted by molar-refractivity contribution is 0.589. The molecule has 8 nitrogen and oxygen atoms in total. The molecule has 1 aromatic carbocycles. The summed E-state index contributed by atoms with van der Waals surface area (Å²) in [5, 5.41) is 0.448. The van der Waals surface area contributed by atoms with Gasteiger partial charge in [-0.2, -0.15) is 0 Å². The van der Waals surface area contributed by atoms with Crippen LogP contribution in [0.2, 0.25) is 5.02 Å². The Morgan fingerprint density at radius 3 is 2.36 bits per heavy atom. The average molecular weight is 383 g/mol. The number of benzene rings is 1. The molecule has 2 aromatic heterocycles. The predicted octanol–water partition coefficient (Wildman–Crippen LogP) is 0.561. The standard InChI is InChI=1S/C15H15ClN4O4S/c1-18-13-12(14(21)19(2)15(18)22)20(9-17-13)7-8-25(23,24)11-5-3-10(16)4-6-11/h3-6,9H,7-8H2,1-2H3. The number of hydrogen-bond donors (Lipinski definition) is 0. The van der Waals surface area contributed by atoms with Crippen LogP contribution < -0.4 is 11.2 Å². The first-order valence-electron chi connectivity index (χ1n) is 7.31. The Kier molecular flexibility index (Phi) is 4.29. The number of aromatic nitrogens is 4. The number of nitrogens with zero attached hydrogens (tertiary/aromatic N) is 4. The van der Waals surface area contributed by atoms with E-state index in [-0.39, 0.29) is 28.4 Å². The summed E-state index contributed by atoms with van der Waals surface area (Å²) in [6.07, 6.45) is 1.36. The molecule has 0 radical (unpaired) electrons. The third-order valence-electron chi connectivity index (χ3n) is 3.99. The van der Waals surface area contributed by atoms with Crippen molar-refractivity contribution in [1.82, 2.24) is 18.7 Å². The summed E-state index contributed by atoms with van der Waals surface area (Å²) in [6, 6.07) is 5.89. The summed E-state index contributed by atoms with van der Waals surface area (Å²) in [5.41, 5.74) is -0.594. The van der Waals surface area contributed by atoms with Crippen molar-refractivity contribution >= 4 is 32.6 Å². The molecule has 0 spiro atoms. The van der Waals surface area contributed by atoms with Crippen LogP contribution in [-0.2, 0) is 30.5 Å².